The molecule has 17 heavy (non-hydrogen) atoms. The summed E-state index contributed by atoms with van der Waals surface area (Å²) in [5.74, 6) is 0. The number of nitrogens with one attached hydrogen (secondary N) is 1. The van der Waals surface area contributed by atoms with Gasteiger partial charge in [0.15, 0.2) is 0 Å². The molecule has 0 aliphatic carbocycles. The number of para-hydroxylation sites is 1. The van der Waals surface area contributed by atoms with E-state index in [-0.39, 0.29) is 7.43 Å². The fraction of sp³-hybridized carbons (Fsp3) is 0.200. The zero-order valence-electron chi connectivity index (χ0n) is 9.77. The first kappa shape index (κ1) is 15.0. The smallest absolute Gasteiger partial charge is 0.0340 e. The molecule has 2 heteroatoms. The molecule has 2 aromatic carbocycles. The van der Waals surface area contributed by atoms with Gasteiger partial charge >= 0.3 is 0 Å². The zero-order valence-corrected chi connectivity index (χ0v) is 9.77. The largest absolute Gasteiger partial charge is 0.399 e. The molecule has 2 rings (SSSR count). The van der Waals surface area contributed by atoms with E-state index in [1.807, 2.05) is 49.5 Å². The predicted molar refractivity (Wildman–Crippen MR) is 78.3 cm³/mol. The molecule has 0 spiro atoms. The molecule has 0 aromatic heterocycles. The minimum absolute atomic E-state index is 0. The van der Waals surface area contributed by atoms with Crippen molar-refractivity contribution in [2.45, 2.75) is 14.4 Å². The molecule has 0 radical (unpaired) electrons. The number of hydrogen-bond donors (Lipinski definition) is 2. The van der Waals surface area contributed by atoms with E-state index in [0.717, 1.165) is 5.69 Å². The summed E-state index contributed by atoms with van der Waals surface area (Å²) in [5, 5.41) is 3.07. The molecular formula is C15H22N2. The fourth-order valence-corrected chi connectivity index (χ4v) is 1.25. The van der Waals surface area contributed by atoms with Crippen LogP contribution in [0.25, 0.3) is 0 Å². The van der Waals surface area contributed by atoms with Crippen LogP contribution >= 0.6 is 0 Å². The summed E-state index contributed by atoms with van der Waals surface area (Å²) in [6.07, 6.45) is 0. The summed E-state index contributed by atoms with van der Waals surface area (Å²) in [5.41, 5.74) is 8.65. The molecule has 0 atom stereocenters. The molecule has 0 fully saturated rings. The van der Waals surface area contributed by atoms with Crippen molar-refractivity contribution < 1.29 is 0 Å². The van der Waals surface area contributed by atoms with Gasteiger partial charge in [0.2, 0.25) is 0 Å². The second-order valence-corrected chi connectivity index (χ2v) is 3.53. The Morgan fingerprint density at radius 3 is 1.94 bits per heavy atom. The lowest BCUT2D eigenvalue weighted by Gasteiger charge is -1.98. The van der Waals surface area contributed by atoms with Crippen molar-refractivity contribution in [3.05, 3.63) is 60.2 Å². The number of nitrogens with two attached hydrogens (primary N) is 1. The van der Waals surface area contributed by atoms with Gasteiger partial charge in [-0.3, -0.25) is 0 Å². The highest BCUT2D eigenvalue weighted by Gasteiger charge is 1.84. The minimum Gasteiger partial charge on any atom is -0.399 e. The van der Waals surface area contributed by atoms with Crippen LogP contribution < -0.4 is 11.1 Å². The molecule has 0 aliphatic heterocycles. The molecule has 0 saturated carbocycles. The van der Waals surface area contributed by atoms with Crippen molar-refractivity contribution in [2.24, 2.45) is 0 Å². The summed E-state index contributed by atoms with van der Waals surface area (Å²) in [7, 11) is 1.93. The third kappa shape index (κ3) is 6.25. The zero-order chi connectivity index (χ0) is 11.8. The number of nitrogen functional groups attached to an aromatic ring is 1. The second-order valence-electron chi connectivity index (χ2n) is 3.53. The first-order valence-electron chi connectivity index (χ1n) is 5.27. The number of anilines is 2. The lowest BCUT2D eigenvalue weighted by molar-refractivity contribution is 1.43. The first-order chi connectivity index (χ1) is 7.72. The van der Waals surface area contributed by atoms with Crippen molar-refractivity contribution in [1.82, 2.24) is 0 Å². The fourth-order valence-electron chi connectivity index (χ4n) is 1.25. The Labute approximate surface area is 104 Å². The molecule has 92 valence electrons. The van der Waals surface area contributed by atoms with E-state index >= 15 is 0 Å². The quantitative estimate of drug-likeness (QED) is 0.728. The van der Waals surface area contributed by atoms with Crippen molar-refractivity contribution in [3.8, 4) is 0 Å². The Morgan fingerprint density at radius 1 is 0.941 bits per heavy atom. The third-order valence-corrected chi connectivity index (χ3v) is 2.11. The molecule has 2 aromatic rings. The van der Waals surface area contributed by atoms with Gasteiger partial charge in [0, 0.05) is 18.4 Å². The summed E-state index contributed by atoms with van der Waals surface area (Å²) in [4.78, 5) is 0. The van der Waals surface area contributed by atoms with E-state index in [0.29, 0.717) is 0 Å². The molecule has 0 bridgehead atoms. The molecular weight excluding hydrogens is 208 g/mol. The van der Waals surface area contributed by atoms with Crippen LogP contribution in [0.1, 0.15) is 13.0 Å². The maximum atomic E-state index is 5.36. The third-order valence-electron chi connectivity index (χ3n) is 2.11. The Kier molecular flexibility index (Phi) is 7.27. The highest BCUT2D eigenvalue weighted by atomic mass is 14.8. The van der Waals surface area contributed by atoms with Crippen molar-refractivity contribution in [2.75, 3.05) is 18.1 Å². The van der Waals surface area contributed by atoms with Crippen molar-refractivity contribution in [3.63, 3.8) is 0 Å². The van der Waals surface area contributed by atoms with E-state index in [1.165, 1.54) is 11.3 Å². The molecule has 0 amide bonds. The highest BCUT2D eigenvalue weighted by molar-refractivity contribution is 5.44. The van der Waals surface area contributed by atoms with Gasteiger partial charge in [-0.2, -0.15) is 0 Å². The van der Waals surface area contributed by atoms with Crippen LogP contribution in [-0.2, 0) is 0 Å². The number of rotatable bonds is 1. The van der Waals surface area contributed by atoms with E-state index in [4.69, 9.17) is 5.73 Å². The lowest BCUT2D eigenvalue weighted by atomic mass is 10.2. The van der Waals surface area contributed by atoms with Crippen LogP contribution in [0.15, 0.2) is 54.6 Å². The normalized spacial score (nSPS) is 8.35. The number of hydrogen-bond acceptors (Lipinski definition) is 2. The second kappa shape index (κ2) is 8.22. The summed E-state index contributed by atoms with van der Waals surface area (Å²) < 4.78 is 0. The Balaban J connectivity index is 0.000000292. The van der Waals surface area contributed by atoms with Crippen LogP contribution in [0.2, 0.25) is 0 Å². The van der Waals surface area contributed by atoms with Gasteiger partial charge in [0.05, 0.1) is 0 Å². The van der Waals surface area contributed by atoms with Crippen LogP contribution in [0.4, 0.5) is 11.4 Å². The maximum absolute atomic E-state index is 5.36. The standard InChI is InChI=1S/C8H11N.C6H7N.CH4/c1-7-4-3-5-8(6-7)9-2;7-6-4-2-1-3-5-6;/h3-6,9H,1-2H3;1-5H,7H2;1H4. The molecule has 0 heterocycles. The van der Waals surface area contributed by atoms with Crippen LogP contribution in [0.3, 0.4) is 0 Å². The molecule has 0 aliphatic rings. The predicted octanol–water partition coefficient (Wildman–Crippen LogP) is 3.94. The number of aryl methyl sites for hydroxylation is 1. The van der Waals surface area contributed by atoms with Gasteiger partial charge in [-0.15, -0.1) is 0 Å². The first-order valence-corrected chi connectivity index (χ1v) is 5.27. The molecule has 0 saturated heterocycles. The summed E-state index contributed by atoms with van der Waals surface area (Å²) in [6, 6.07) is 17.8. The monoisotopic (exact) mass is 230 g/mol. The number of benzene rings is 2. The van der Waals surface area contributed by atoms with Gasteiger partial charge in [-0.05, 0) is 36.8 Å². The molecule has 0 unspecified atom stereocenters. The van der Waals surface area contributed by atoms with Gasteiger partial charge in [0.25, 0.3) is 0 Å². The van der Waals surface area contributed by atoms with Crippen molar-refractivity contribution in [1.29, 1.82) is 0 Å². The molecule has 3 N–H and O–H groups in total. The van der Waals surface area contributed by atoms with Gasteiger partial charge < -0.3 is 11.1 Å². The van der Waals surface area contributed by atoms with E-state index in [2.05, 4.69) is 24.4 Å². The van der Waals surface area contributed by atoms with E-state index in [9.17, 15) is 0 Å². The summed E-state index contributed by atoms with van der Waals surface area (Å²) >= 11 is 0. The SMILES string of the molecule is C.CNc1cccc(C)c1.Nc1ccccc1. The van der Waals surface area contributed by atoms with Gasteiger partial charge in [-0.1, -0.05) is 37.8 Å². The van der Waals surface area contributed by atoms with Gasteiger partial charge in [-0.25, -0.2) is 0 Å². The Bertz CT molecular complexity index is 410. The van der Waals surface area contributed by atoms with Crippen LogP contribution in [0.5, 0.6) is 0 Å². The Morgan fingerprint density at radius 2 is 1.59 bits per heavy atom. The lowest BCUT2D eigenvalue weighted by Crippen LogP contribution is -1.86. The van der Waals surface area contributed by atoms with E-state index < -0.39 is 0 Å². The summed E-state index contributed by atoms with van der Waals surface area (Å²) in [6.45, 7) is 2.08. The maximum Gasteiger partial charge on any atom is 0.0340 e. The van der Waals surface area contributed by atoms with Crippen LogP contribution in [0, 0.1) is 6.92 Å². The average molecular weight is 230 g/mol. The highest BCUT2D eigenvalue weighted by Crippen LogP contribution is 2.07. The average Bonchev–Trinajstić information content (AvgIpc) is 2.31. The van der Waals surface area contributed by atoms with Crippen molar-refractivity contribution >= 4 is 11.4 Å². The van der Waals surface area contributed by atoms with Gasteiger partial charge in [0.1, 0.15) is 0 Å². The minimum atomic E-state index is 0. The van der Waals surface area contributed by atoms with Crippen LogP contribution in [-0.4, -0.2) is 7.05 Å². The topological polar surface area (TPSA) is 38.0 Å². The Hall–Kier alpha value is -1.96. The van der Waals surface area contributed by atoms with E-state index in [1.54, 1.807) is 0 Å². The molecule has 2 nitrogen and oxygen atoms in total.